The zero-order valence-electron chi connectivity index (χ0n) is 11.9. The van der Waals surface area contributed by atoms with Crippen LogP contribution in [0.25, 0.3) is 10.9 Å². The van der Waals surface area contributed by atoms with Crippen molar-refractivity contribution < 1.29 is 14.7 Å². The van der Waals surface area contributed by atoms with Crippen LogP contribution in [0.4, 0.5) is 0 Å². The fourth-order valence-electron chi connectivity index (χ4n) is 2.18. The van der Waals surface area contributed by atoms with E-state index in [0.717, 1.165) is 0 Å². The Kier molecular flexibility index (Phi) is 3.84. The SMILES string of the molecule is O=C(N/N=C\c1c[nH]c2c(C(=O)O)cccc12)c1cccnc1. The molecule has 0 aliphatic rings. The van der Waals surface area contributed by atoms with Gasteiger partial charge in [0.15, 0.2) is 0 Å². The predicted molar refractivity (Wildman–Crippen MR) is 84.6 cm³/mol. The maximum Gasteiger partial charge on any atom is 0.337 e. The number of rotatable bonds is 4. The van der Waals surface area contributed by atoms with E-state index in [2.05, 4.69) is 20.5 Å². The van der Waals surface area contributed by atoms with Gasteiger partial charge in [-0.15, -0.1) is 0 Å². The number of hydrogen-bond acceptors (Lipinski definition) is 4. The summed E-state index contributed by atoms with van der Waals surface area (Å²) in [6.45, 7) is 0. The molecule has 0 aliphatic heterocycles. The molecule has 7 heteroatoms. The molecular formula is C16H12N4O3. The summed E-state index contributed by atoms with van der Waals surface area (Å²) in [4.78, 5) is 29.8. The molecule has 0 saturated heterocycles. The predicted octanol–water partition coefficient (Wildman–Crippen LogP) is 2.03. The summed E-state index contributed by atoms with van der Waals surface area (Å²) in [5.74, 6) is -1.38. The highest BCUT2D eigenvalue weighted by molar-refractivity contribution is 6.07. The van der Waals surface area contributed by atoms with Crippen LogP contribution in [0.15, 0.2) is 54.0 Å². The lowest BCUT2D eigenvalue weighted by molar-refractivity contribution is 0.0698. The minimum Gasteiger partial charge on any atom is -0.478 e. The third-order valence-electron chi connectivity index (χ3n) is 3.27. The summed E-state index contributed by atoms with van der Waals surface area (Å²) in [5.41, 5.74) is 4.17. The number of fused-ring (bicyclic) bond motifs is 1. The van der Waals surface area contributed by atoms with Crippen molar-refractivity contribution in [3.63, 3.8) is 0 Å². The Morgan fingerprint density at radius 2 is 2.13 bits per heavy atom. The van der Waals surface area contributed by atoms with Crippen molar-refractivity contribution in [2.45, 2.75) is 0 Å². The number of carbonyl (C=O) groups is 2. The summed E-state index contributed by atoms with van der Waals surface area (Å²) < 4.78 is 0. The van der Waals surface area contributed by atoms with E-state index in [1.54, 1.807) is 36.7 Å². The van der Waals surface area contributed by atoms with Crippen LogP contribution in [0.1, 0.15) is 26.3 Å². The minimum atomic E-state index is -1.01. The number of para-hydroxylation sites is 1. The fourth-order valence-corrected chi connectivity index (χ4v) is 2.18. The number of benzene rings is 1. The number of aromatic nitrogens is 2. The summed E-state index contributed by atoms with van der Waals surface area (Å²) in [6, 6.07) is 8.24. The van der Waals surface area contributed by atoms with E-state index in [-0.39, 0.29) is 11.5 Å². The molecule has 114 valence electrons. The van der Waals surface area contributed by atoms with Gasteiger partial charge in [0.1, 0.15) is 0 Å². The number of carboxylic acids is 1. The van der Waals surface area contributed by atoms with E-state index in [0.29, 0.717) is 22.0 Å². The lowest BCUT2D eigenvalue weighted by Crippen LogP contribution is -2.17. The molecule has 0 aliphatic carbocycles. The van der Waals surface area contributed by atoms with Crippen molar-refractivity contribution in [1.82, 2.24) is 15.4 Å². The first-order valence-corrected chi connectivity index (χ1v) is 6.73. The molecule has 2 aromatic heterocycles. The van der Waals surface area contributed by atoms with Crippen LogP contribution in [0, 0.1) is 0 Å². The Morgan fingerprint density at radius 3 is 2.87 bits per heavy atom. The van der Waals surface area contributed by atoms with E-state index in [9.17, 15) is 9.59 Å². The Labute approximate surface area is 130 Å². The van der Waals surface area contributed by atoms with Gasteiger partial charge < -0.3 is 10.1 Å². The Morgan fingerprint density at radius 1 is 1.26 bits per heavy atom. The van der Waals surface area contributed by atoms with Crippen LogP contribution >= 0.6 is 0 Å². The number of hydrazone groups is 1. The van der Waals surface area contributed by atoms with Gasteiger partial charge in [0, 0.05) is 29.5 Å². The second-order valence-electron chi connectivity index (χ2n) is 4.72. The molecule has 0 atom stereocenters. The number of amides is 1. The molecule has 23 heavy (non-hydrogen) atoms. The summed E-state index contributed by atoms with van der Waals surface area (Å²) >= 11 is 0. The van der Waals surface area contributed by atoms with Gasteiger partial charge in [0.05, 0.1) is 22.9 Å². The molecule has 0 spiro atoms. The minimum absolute atomic E-state index is 0.182. The zero-order valence-corrected chi connectivity index (χ0v) is 11.9. The molecule has 0 unspecified atom stereocenters. The Balaban J connectivity index is 1.81. The number of aromatic amines is 1. The molecule has 0 bridgehead atoms. The van der Waals surface area contributed by atoms with Gasteiger partial charge in [-0.2, -0.15) is 5.10 Å². The lowest BCUT2D eigenvalue weighted by atomic mass is 10.1. The molecule has 1 amide bonds. The highest BCUT2D eigenvalue weighted by Gasteiger charge is 2.11. The maximum atomic E-state index is 11.8. The normalized spacial score (nSPS) is 11.0. The fraction of sp³-hybridized carbons (Fsp3) is 0. The van der Waals surface area contributed by atoms with Crippen LogP contribution in [-0.4, -0.2) is 33.2 Å². The van der Waals surface area contributed by atoms with Crippen molar-refractivity contribution in [1.29, 1.82) is 0 Å². The number of nitrogens with zero attached hydrogens (tertiary/aromatic N) is 2. The molecular weight excluding hydrogens is 296 g/mol. The van der Waals surface area contributed by atoms with Crippen LogP contribution < -0.4 is 5.43 Å². The number of hydrogen-bond donors (Lipinski definition) is 3. The maximum absolute atomic E-state index is 11.8. The highest BCUT2D eigenvalue weighted by atomic mass is 16.4. The van der Waals surface area contributed by atoms with Gasteiger partial charge >= 0.3 is 5.97 Å². The monoisotopic (exact) mass is 308 g/mol. The molecule has 7 nitrogen and oxygen atoms in total. The number of nitrogens with one attached hydrogen (secondary N) is 2. The van der Waals surface area contributed by atoms with E-state index in [1.807, 2.05) is 0 Å². The smallest absolute Gasteiger partial charge is 0.337 e. The second kappa shape index (κ2) is 6.10. The summed E-state index contributed by atoms with van der Waals surface area (Å²) in [7, 11) is 0. The molecule has 0 radical (unpaired) electrons. The van der Waals surface area contributed by atoms with Gasteiger partial charge in [0.2, 0.25) is 0 Å². The number of carbonyl (C=O) groups excluding carboxylic acids is 1. The first kappa shape index (κ1) is 14.5. The highest BCUT2D eigenvalue weighted by Crippen LogP contribution is 2.20. The molecule has 0 fully saturated rings. The number of H-pyrrole nitrogens is 1. The van der Waals surface area contributed by atoms with E-state index >= 15 is 0 Å². The van der Waals surface area contributed by atoms with E-state index in [4.69, 9.17) is 5.11 Å². The standard InChI is InChI=1S/C16H12N4O3/c21-15(10-3-2-6-17-7-10)20-19-9-11-8-18-14-12(11)4-1-5-13(14)16(22)23/h1-9,18H,(H,20,21)(H,22,23)/b19-9-. The number of pyridine rings is 1. The third kappa shape index (κ3) is 2.93. The van der Waals surface area contributed by atoms with E-state index < -0.39 is 5.97 Å². The van der Waals surface area contributed by atoms with Gasteiger partial charge in [-0.25, -0.2) is 10.2 Å². The number of aromatic carboxylic acids is 1. The average molecular weight is 308 g/mol. The van der Waals surface area contributed by atoms with Crippen molar-refractivity contribution in [3.8, 4) is 0 Å². The quantitative estimate of drug-likeness (QED) is 0.506. The summed E-state index contributed by atoms with van der Waals surface area (Å²) in [6.07, 6.45) is 6.11. The first-order valence-electron chi connectivity index (χ1n) is 6.73. The van der Waals surface area contributed by atoms with Gasteiger partial charge in [-0.05, 0) is 18.2 Å². The van der Waals surface area contributed by atoms with Gasteiger partial charge in [0.25, 0.3) is 5.91 Å². The van der Waals surface area contributed by atoms with Gasteiger partial charge in [-0.1, -0.05) is 12.1 Å². The Hall–Kier alpha value is -3.48. The summed E-state index contributed by atoms with van der Waals surface area (Å²) in [5, 5.41) is 13.8. The van der Waals surface area contributed by atoms with Crippen LogP contribution in [-0.2, 0) is 0 Å². The second-order valence-corrected chi connectivity index (χ2v) is 4.72. The van der Waals surface area contributed by atoms with Crippen molar-refractivity contribution in [2.75, 3.05) is 0 Å². The van der Waals surface area contributed by atoms with Crippen molar-refractivity contribution in [3.05, 3.63) is 65.6 Å². The third-order valence-corrected chi connectivity index (χ3v) is 3.27. The molecule has 3 rings (SSSR count). The largest absolute Gasteiger partial charge is 0.478 e. The topological polar surface area (TPSA) is 107 Å². The van der Waals surface area contributed by atoms with Crippen molar-refractivity contribution in [2.24, 2.45) is 5.10 Å². The number of carboxylic acid groups (broad SMARTS) is 1. The lowest BCUT2D eigenvalue weighted by Gasteiger charge is -1.98. The zero-order chi connectivity index (χ0) is 16.2. The van der Waals surface area contributed by atoms with Crippen molar-refractivity contribution >= 4 is 29.0 Å². The molecule has 1 aromatic carbocycles. The average Bonchev–Trinajstić information content (AvgIpc) is 2.98. The Bertz CT molecular complexity index is 900. The molecule has 2 heterocycles. The van der Waals surface area contributed by atoms with Crippen LogP contribution in [0.5, 0.6) is 0 Å². The first-order chi connectivity index (χ1) is 11.2. The molecule has 0 saturated carbocycles. The van der Waals surface area contributed by atoms with E-state index in [1.165, 1.54) is 18.5 Å². The van der Waals surface area contributed by atoms with Gasteiger partial charge in [-0.3, -0.25) is 9.78 Å². The molecule has 3 aromatic rings. The van der Waals surface area contributed by atoms with Crippen LogP contribution in [0.2, 0.25) is 0 Å². The van der Waals surface area contributed by atoms with Crippen LogP contribution in [0.3, 0.4) is 0 Å². The molecule has 3 N–H and O–H groups in total.